The second-order valence-electron chi connectivity index (χ2n) is 5.24. The summed E-state index contributed by atoms with van der Waals surface area (Å²) in [5, 5.41) is 9.17. The summed E-state index contributed by atoms with van der Waals surface area (Å²) in [6.07, 6.45) is 1.22. The van der Waals surface area contributed by atoms with Crippen LogP contribution in [0, 0.1) is 11.6 Å². The molecule has 114 valence electrons. The van der Waals surface area contributed by atoms with E-state index in [9.17, 15) is 13.6 Å². The molecular weight excluding hydrogens is 292 g/mol. The largest absolute Gasteiger partial charge is 0.477 e. The molecule has 0 saturated heterocycles. The molecule has 0 aliphatic carbocycles. The van der Waals surface area contributed by atoms with Crippen molar-refractivity contribution in [2.75, 3.05) is 0 Å². The van der Waals surface area contributed by atoms with Crippen LogP contribution in [0.25, 0.3) is 11.1 Å². The van der Waals surface area contributed by atoms with E-state index in [0.29, 0.717) is 17.5 Å². The number of carboxylic acids is 1. The van der Waals surface area contributed by atoms with E-state index in [-0.39, 0.29) is 23.2 Å². The Morgan fingerprint density at radius 1 is 1.32 bits per heavy atom. The molecule has 0 unspecified atom stereocenters. The summed E-state index contributed by atoms with van der Waals surface area (Å²) >= 11 is 0. The maximum atomic E-state index is 14.1. The Balaban J connectivity index is 2.23. The van der Waals surface area contributed by atoms with Crippen LogP contribution in [0.5, 0.6) is 5.88 Å². The minimum absolute atomic E-state index is 0.0880. The third-order valence-corrected chi connectivity index (χ3v) is 3.64. The summed E-state index contributed by atoms with van der Waals surface area (Å²) in [4.78, 5) is 15.2. The number of ether oxygens (including phenoxy) is 1. The lowest BCUT2D eigenvalue weighted by molar-refractivity contribution is 0.0687. The number of aromatic nitrogens is 1. The van der Waals surface area contributed by atoms with Crippen molar-refractivity contribution < 1.29 is 23.4 Å². The fraction of sp³-hybridized carbons (Fsp3) is 0.250. The predicted octanol–water partition coefficient (Wildman–Crippen LogP) is 3.44. The Labute approximate surface area is 125 Å². The normalized spacial score (nSPS) is 16.8. The highest BCUT2D eigenvalue weighted by Crippen LogP contribution is 2.36. The van der Waals surface area contributed by atoms with Gasteiger partial charge in [0.25, 0.3) is 0 Å². The maximum absolute atomic E-state index is 14.1. The minimum atomic E-state index is -1.23. The van der Waals surface area contributed by atoms with Crippen molar-refractivity contribution in [2.45, 2.75) is 25.9 Å². The molecule has 2 heterocycles. The number of nitrogens with zero attached hydrogens (tertiary/aromatic N) is 1. The SMILES string of the molecule is C[C@@H]1CCc2c(-c3ccc(F)cc3F)cc(C(=O)O)nc2O1. The number of benzene rings is 1. The summed E-state index contributed by atoms with van der Waals surface area (Å²) in [7, 11) is 0. The van der Waals surface area contributed by atoms with E-state index in [4.69, 9.17) is 9.84 Å². The van der Waals surface area contributed by atoms with Gasteiger partial charge in [-0.1, -0.05) is 0 Å². The molecule has 0 amide bonds. The quantitative estimate of drug-likeness (QED) is 0.923. The number of hydrogen-bond donors (Lipinski definition) is 1. The summed E-state index contributed by atoms with van der Waals surface area (Å²) in [6.45, 7) is 1.86. The molecule has 1 N–H and O–H groups in total. The average molecular weight is 305 g/mol. The van der Waals surface area contributed by atoms with Crippen LogP contribution >= 0.6 is 0 Å². The average Bonchev–Trinajstić information content (AvgIpc) is 2.45. The van der Waals surface area contributed by atoms with Gasteiger partial charge in [-0.05, 0) is 43.5 Å². The number of aromatic carboxylic acids is 1. The van der Waals surface area contributed by atoms with Gasteiger partial charge in [0.05, 0.1) is 6.10 Å². The number of fused-ring (bicyclic) bond motifs is 1. The lowest BCUT2D eigenvalue weighted by atomic mass is 9.94. The highest BCUT2D eigenvalue weighted by atomic mass is 19.1. The first-order valence-electron chi connectivity index (χ1n) is 6.85. The van der Waals surface area contributed by atoms with Crippen molar-refractivity contribution in [3.8, 4) is 17.0 Å². The van der Waals surface area contributed by atoms with Crippen molar-refractivity contribution in [1.29, 1.82) is 0 Å². The molecule has 2 aromatic rings. The van der Waals surface area contributed by atoms with Crippen LogP contribution in [0.2, 0.25) is 0 Å². The highest BCUT2D eigenvalue weighted by Gasteiger charge is 2.25. The van der Waals surface area contributed by atoms with Gasteiger partial charge in [0, 0.05) is 17.2 Å². The molecule has 22 heavy (non-hydrogen) atoms. The summed E-state index contributed by atoms with van der Waals surface area (Å²) in [5.74, 6) is -2.46. The van der Waals surface area contributed by atoms with Crippen LogP contribution in [0.4, 0.5) is 8.78 Å². The second-order valence-corrected chi connectivity index (χ2v) is 5.24. The third kappa shape index (κ3) is 2.52. The topological polar surface area (TPSA) is 59.4 Å². The van der Waals surface area contributed by atoms with Gasteiger partial charge in [-0.3, -0.25) is 0 Å². The van der Waals surface area contributed by atoms with Gasteiger partial charge >= 0.3 is 5.97 Å². The smallest absolute Gasteiger partial charge is 0.354 e. The minimum Gasteiger partial charge on any atom is -0.477 e. The molecule has 3 rings (SSSR count). The van der Waals surface area contributed by atoms with E-state index in [1.807, 2.05) is 6.92 Å². The first kappa shape index (κ1) is 14.4. The molecule has 1 aliphatic rings. The molecule has 0 bridgehead atoms. The second kappa shape index (κ2) is 5.36. The monoisotopic (exact) mass is 305 g/mol. The van der Waals surface area contributed by atoms with Gasteiger partial charge < -0.3 is 9.84 Å². The van der Waals surface area contributed by atoms with Crippen LogP contribution in [0.3, 0.4) is 0 Å². The number of carbonyl (C=O) groups is 1. The predicted molar refractivity (Wildman–Crippen MR) is 75.0 cm³/mol. The Hall–Kier alpha value is -2.50. The zero-order chi connectivity index (χ0) is 15.9. The highest BCUT2D eigenvalue weighted by molar-refractivity contribution is 5.88. The first-order valence-corrected chi connectivity index (χ1v) is 6.85. The van der Waals surface area contributed by atoms with E-state index >= 15 is 0 Å². The van der Waals surface area contributed by atoms with Crippen molar-refractivity contribution in [1.82, 2.24) is 4.98 Å². The molecule has 1 aromatic heterocycles. The van der Waals surface area contributed by atoms with Gasteiger partial charge in [-0.2, -0.15) is 0 Å². The van der Waals surface area contributed by atoms with Crippen LogP contribution in [0.15, 0.2) is 24.3 Å². The van der Waals surface area contributed by atoms with Crippen LogP contribution in [0.1, 0.15) is 29.4 Å². The van der Waals surface area contributed by atoms with Crippen molar-refractivity contribution in [3.05, 3.63) is 47.2 Å². The van der Waals surface area contributed by atoms with Gasteiger partial charge in [-0.15, -0.1) is 0 Å². The fourth-order valence-corrected chi connectivity index (χ4v) is 2.54. The molecule has 0 fully saturated rings. The van der Waals surface area contributed by atoms with Gasteiger partial charge in [0.15, 0.2) is 5.69 Å². The number of hydrogen-bond acceptors (Lipinski definition) is 3. The van der Waals surface area contributed by atoms with E-state index in [1.54, 1.807) is 0 Å². The van der Waals surface area contributed by atoms with Gasteiger partial charge in [0.1, 0.15) is 11.6 Å². The van der Waals surface area contributed by atoms with E-state index in [2.05, 4.69) is 4.98 Å². The fourth-order valence-electron chi connectivity index (χ4n) is 2.54. The maximum Gasteiger partial charge on any atom is 0.354 e. The molecule has 0 spiro atoms. The van der Waals surface area contributed by atoms with E-state index in [1.165, 1.54) is 12.1 Å². The molecule has 0 saturated carbocycles. The molecule has 1 aliphatic heterocycles. The molecule has 4 nitrogen and oxygen atoms in total. The zero-order valence-electron chi connectivity index (χ0n) is 11.8. The van der Waals surface area contributed by atoms with E-state index in [0.717, 1.165) is 18.6 Å². The molecule has 0 radical (unpaired) electrons. The summed E-state index contributed by atoms with van der Waals surface area (Å²) in [5.41, 5.74) is 0.938. The van der Waals surface area contributed by atoms with Crippen LogP contribution in [-0.2, 0) is 6.42 Å². The number of pyridine rings is 1. The Kier molecular flexibility index (Phi) is 3.52. The Bertz CT molecular complexity index is 761. The lowest BCUT2D eigenvalue weighted by Gasteiger charge is -2.24. The third-order valence-electron chi connectivity index (χ3n) is 3.64. The Morgan fingerprint density at radius 3 is 2.77 bits per heavy atom. The molecule has 6 heteroatoms. The number of rotatable bonds is 2. The number of halogens is 2. The van der Waals surface area contributed by atoms with E-state index < -0.39 is 17.6 Å². The molecular formula is C16H13F2NO3. The van der Waals surface area contributed by atoms with Crippen molar-refractivity contribution >= 4 is 5.97 Å². The molecule has 1 atom stereocenters. The van der Waals surface area contributed by atoms with Crippen LogP contribution in [-0.4, -0.2) is 22.2 Å². The number of carboxylic acid groups (broad SMARTS) is 1. The van der Waals surface area contributed by atoms with Crippen molar-refractivity contribution in [3.63, 3.8) is 0 Å². The van der Waals surface area contributed by atoms with Gasteiger partial charge in [0.2, 0.25) is 5.88 Å². The van der Waals surface area contributed by atoms with Crippen LogP contribution < -0.4 is 4.74 Å². The van der Waals surface area contributed by atoms with Gasteiger partial charge in [-0.25, -0.2) is 18.6 Å². The molecule has 1 aromatic carbocycles. The summed E-state index contributed by atoms with van der Waals surface area (Å²) in [6, 6.07) is 4.51. The first-order chi connectivity index (χ1) is 10.5. The van der Waals surface area contributed by atoms with Crippen molar-refractivity contribution in [2.24, 2.45) is 0 Å². The zero-order valence-corrected chi connectivity index (χ0v) is 11.8. The Morgan fingerprint density at radius 2 is 2.09 bits per heavy atom. The standard InChI is InChI=1S/C16H13F2NO3/c1-8-2-4-11-12(10-5-3-9(17)6-13(10)18)7-14(16(20)21)19-15(11)22-8/h3,5-8H,2,4H2,1H3,(H,20,21)/t8-/m1/s1. The lowest BCUT2D eigenvalue weighted by Crippen LogP contribution is -2.21. The summed E-state index contributed by atoms with van der Waals surface area (Å²) < 4.78 is 32.7.